The van der Waals surface area contributed by atoms with Gasteiger partial charge in [-0.25, -0.2) is 0 Å². The van der Waals surface area contributed by atoms with E-state index in [0.717, 1.165) is 29.1 Å². The zero-order valence-electron chi connectivity index (χ0n) is 16.7. The van der Waals surface area contributed by atoms with Crippen LogP contribution in [0.5, 0.6) is 0 Å². The average molecular weight is 399 g/mol. The number of aromatic nitrogens is 3. The topological polar surface area (TPSA) is 73.0 Å². The van der Waals surface area contributed by atoms with Gasteiger partial charge in [-0.1, -0.05) is 49.0 Å². The van der Waals surface area contributed by atoms with Crippen LogP contribution in [0.4, 0.5) is 0 Å². The maximum Gasteiger partial charge on any atom is 0.230 e. The van der Waals surface area contributed by atoms with Gasteiger partial charge in [0, 0.05) is 6.04 Å². The fraction of sp³-hybridized carbons (Fsp3) is 0.381. The van der Waals surface area contributed by atoms with E-state index in [1.165, 1.54) is 11.8 Å². The first kappa shape index (κ1) is 20.2. The van der Waals surface area contributed by atoms with Crippen molar-refractivity contribution in [1.82, 2.24) is 20.1 Å². The van der Waals surface area contributed by atoms with Crippen LogP contribution in [0.15, 0.2) is 52.2 Å². The number of rotatable bonds is 8. The molecule has 2 atom stereocenters. The molecule has 0 saturated heterocycles. The summed E-state index contributed by atoms with van der Waals surface area (Å²) in [6, 6.07) is 12.3. The summed E-state index contributed by atoms with van der Waals surface area (Å²) in [7, 11) is 0. The number of benzene rings is 1. The van der Waals surface area contributed by atoms with Gasteiger partial charge in [0.2, 0.25) is 5.91 Å². The zero-order chi connectivity index (χ0) is 20.1. The molecule has 0 fully saturated rings. The maximum absolute atomic E-state index is 12.2. The molecular weight excluding hydrogens is 372 g/mol. The van der Waals surface area contributed by atoms with Crippen molar-refractivity contribution in [2.75, 3.05) is 5.75 Å². The summed E-state index contributed by atoms with van der Waals surface area (Å²) in [4.78, 5) is 12.2. The molecule has 0 radical (unpaired) electrons. The molecule has 3 rings (SSSR count). The third-order valence-electron chi connectivity index (χ3n) is 4.79. The molecule has 1 N–H and O–H groups in total. The van der Waals surface area contributed by atoms with Crippen molar-refractivity contribution in [2.24, 2.45) is 0 Å². The lowest BCUT2D eigenvalue weighted by molar-refractivity contribution is -0.119. The van der Waals surface area contributed by atoms with E-state index < -0.39 is 0 Å². The van der Waals surface area contributed by atoms with E-state index in [1.54, 1.807) is 6.26 Å². The van der Waals surface area contributed by atoms with Gasteiger partial charge in [-0.3, -0.25) is 9.36 Å². The molecule has 0 aliphatic heterocycles. The van der Waals surface area contributed by atoms with E-state index in [-0.39, 0.29) is 18.0 Å². The van der Waals surface area contributed by atoms with E-state index in [0.29, 0.717) is 10.9 Å². The molecule has 1 amide bonds. The Morgan fingerprint density at radius 2 is 1.96 bits per heavy atom. The highest BCUT2D eigenvalue weighted by Crippen LogP contribution is 2.32. The summed E-state index contributed by atoms with van der Waals surface area (Å²) in [5.41, 5.74) is 2.06. The van der Waals surface area contributed by atoms with Crippen LogP contribution in [0, 0.1) is 6.92 Å². The second-order valence-electron chi connectivity index (χ2n) is 6.82. The van der Waals surface area contributed by atoms with Gasteiger partial charge in [-0.05, 0) is 38.8 Å². The van der Waals surface area contributed by atoms with E-state index >= 15 is 0 Å². The Labute approximate surface area is 169 Å². The van der Waals surface area contributed by atoms with Gasteiger partial charge < -0.3 is 9.73 Å². The fourth-order valence-corrected chi connectivity index (χ4v) is 3.78. The average Bonchev–Trinajstić information content (AvgIpc) is 3.31. The number of hydrogen-bond donors (Lipinski definition) is 1. The molecule has 0 spiro atoms. The van der Waals surface area contributed by atoms with Crippen LogP contribution in [-0.4, -0.2) is 32.5 Å². The van der Waals surface area contributed by atoms with Gasteiger partial charge in [0.25, 0.3) is 0 Å². The molecule has 2 heterocycles. The van der Waals surface area contributed by atoms with Crippen molar-refractivity contribution in [3.63, 3.8) is 0 Å². The number of hydrogen-bond acceptors (Lipinski definition) is 5. The molecule has 2 aromatic heterocycles. The molecule has 0 saturated carbocycles. The zero-order valence-corrected chi connectivity index (χ0v) is 17.5. The Bertz CT molecular complexity index is 920. The van der Waals surface area contributed by atoms with E-state index in [1.807, 2.05) is 38.1 Å². The number of carbonyl (C=O) groups excluding carboxylic acids is 1. The summed E-state index contributed by atoms with van der Waals surface area (Å²) in [5.74, 6) is 1.84. The molecule has 0 aliphatic rings. The Hall–Kier alpha value is -2.54. The minimum Gasteiger partial charge on any atom is -0.469 e. The van der Waals surface area contributed by atoms with Crippen molar-refractivity contribution in [2.45, 2.75) is 51.4 Å². The summed E-state index contributed by atoms with van der Waals surface area (Å²) >= 11 is 1.40. The first-order valence-electron chi connectivity index (χ1n) is 9.47. The molecule has 148 valence electrons. The third-order valence-corrected chi connectivity index (χ3v) is 5.73. The predicted molar refractivity (Wildman–Crippen MR) is 111 cm³/mol. The molecule has 1 aromatic carbocycles. The summed E-state index contributed by atoms with van der Waals surface area (Å²) < 4.78 is 7.55. The van der Waals surface area contributed by atoms with Crippen molar-refractivity contribution < 1.29 is 9.21 Å². The van der Waals surface area contributed by atoms with Gasteiger partial charge in [0.05, 0.1) is 23.6 Å². The molecule has 7 heteroatoms. The summed E-state index contributed by atoms with van der Waals surface area (Å²) in [5, 5.41) is 12.5. The van der Waals surface area contributed by atoms with Crippen LogP contribution in [0.1, 0.15) is 44.6 Å². The number of thioether (sulfide) groups is 1. The Morgan fingerprint density at radius 1 is 1.21 bits per heavy atom. The Kier molecular flexibility index (Phi) is 6.57. The molecule has 0 aliphatic carbocycles. The predicted octanol–water partition coefficient (Wildman–Crippen LogP) is 4.46. The smallest absolute Gasteiger partial charge is 0.230 e. The highest BCUT2D eigenvalue weighted by Gasteiger charge is 2.23. The van der Waals surface area contributed by atoms with E-state index in [4.69, 9.17) is 4.42 Å². The lowest BCUT2D eigenvalue weighted by atomic mass is 10.1. The van der Waals surface area contributed by atoms with E-state index in [9.17, 15) is 4.79 Å². The van der Waals surface area contributed by atoms with Crippen molar-refractivity contribution in [3.8, 4) is 11.4 Å². The molecular formula is C21H26N4O2S. The summed E-state index contributed by atoms with van der Waals surface area (Å²) in [6.07, 6.45) is 2.56. The highest BCUT2D eigenvalue weighted by molar-refractivity contribution is 7.99. The monoisotopic (exact) mass is 398 g/mol. The first-order valence-corrected chi connectivity index (χ1v) is 10.5. The first-order chi connectivity index (χ1) is 13.5. The molecule has 28 heavy (non-hydrogen) atoms. The number of carbonyl (C=O) groups is 1. The fourth-order valence-electron chi connectivity index (χ4n) is 2.95. The van der Waals surface area contributed by atoms with Crippen LogP contribution in [0.25, 0.3) is 11.4 Å². The standard InChI is InChI=1S/C21H26N4O2S/c1-5-14(2)22-19(26)13-28-21-24-23-20(18-11-12-27-16(18)4)25(21)15(3)17-9-7-6-8-10-17/h6-12,14-15H,5,13H2,1-4H3,(H,22,26)/t14-,15-/m0/s1. The van der Waals surface area contributed by atoms with Crippen molar-refractivity contribution in [1.29, 1.82) is 0 Å². The quantitative estimate of drug-likeness (QED) is 0.567. The molecule has 0 bridgehead atoms. The minimum absolute atomic E-state index is 0.00214. The molecule has 6 nitrogen and oxygen atoms in total. The maximum atomic E-state index is 12.2. The Morgan fingerprint density at radius 3 is 2.61 bits per heavy atom. The van der Waals surface area contributed by atoms with E-state index in [2.05, 4.69) is 46.1 Å². The number of furan rings is 1. The molecule has 3 aromatic rings. The SMILES string of the molecule is CC[C@H](C)NC(=O)CSc1nnc(-c2ccoc2C)n1[C@@H](C)c1ccccc1. The van der Waals surface area contributed by atoms with Crippen LogP contribution in [0.3, 0.4) is 0 Å². The Balaban J connectivity index is 1.91. The van der Waals surface area contributed by atoms with Crippen molar-refractivity contribution >= 4 is 17.7 Å². The molecule has 0 unspecified atom stereocenters. The van der Waals surface area contributed by atoms with Crippen LogP contribution < -0.4 is 5.32 Å². The van der Waals surface area contributed by atoms with Gasteiger partial charge in [0.15, 0.2) is 11.0 Å². The number of nitrogens with zero attached hydrogens (tertiary/aromatic N) is 3. The number of nitrogens with one attached hydrogen (secondary N) is 1. The third kappa shape index (κ3) is 4.47. The highest BCUT2D eigenvalue weighted by atomic mass is 32.2. The minimum atomic E-state index is 0.00214. The summed E-state index contributed by atoms with van der Waals surface area (Å²) in [6.45, 7) is 8.08. The van der Waals surface area contributed by atoms with Gasteiger partial charge in [0.1, 0.15) is 5.76 Å². The second kappa shape index (κ2) is 9.10. The largest absolute Gasteiger partial charge is 0.469 e. The normalized spacial score (nSPS) is 13.3. The lowest BCUT2D eigenvalue weighted by Gasteiger charge is -2.18. The van der Waals surface area contributed by atoms with Gasteiger partial charge in [-0.15, -0.1) is 10.2 Å². The van der Waals surface area contributed by atoms with Gasteiger partial charge in [-0.2, -0.15) is 0 Å². The van der Waals surface area contributed by atoms with Crippen LogP contribution >= 0.6 is 11.8 Å². The number of aryl methyl sites for hydroxylation is 1. The van der Waals surface area contributed by atoms with Crippen molar-refractivity contribution in [3.05, 3.63) is 54.0 Å². The second-order valence-corrected chi connectivity index (χ2v) is 7.76. The number of amides is 1. The lowest BCUT2D eigenvalue weighted by Crippen LogP contribution is -2.33. The van der Waals surface area contributed by atoms with Gasteiger partial charge >= 0.3 is 0 Å². The van der Waals surface area contributed by atoms with Crippen LogP contribution in [0.2, 0.25) is 0 Å². The van der Waals surface area contributed by atoms with Crippen LogP contribution in [-0.2, 0) is 4.79 Å².